The first-order valence-corrected chi connectivity index (χ1v) is 13.4. The second kappa shape index (κ2) is 9.76. The summed E-state index contributed by atoms with van der Waals surface area (Å²) in [6.45, 7) is 7.54. The van der Waals surface area contributed by atoms with Crippen LogP contribution in [0.1, 0.15) is 32.3 Å². The predicted octanol–water partition coefficient (Wildman–Crippen LogP) is 4.76. The van der Waals surface area contributed by atoms with Crippen LogP contribution in [0.4, 0.5) is 11.6 Å². The molecule has 6 rings (SSSR count). The standard InChI is InChI=1S/C30H34N6O2/c1-21(2)38-26-10-6-24(7-11-26)32-29-31-20-22-12-15-36(27(22)33-29)25-8-4-23(5-9-25)30(13-14-30)28(37)35-18-16-34(3)17-19-35/h4-12,15,20-21H,13-14,16-19H2,1-3H3,(H,31,32,33). The molecular weight excluding hydrogens is 476 g/mol. The Morgan fingerprint density at radius 3 is 2.34 bits per heavy atom. The van der Waals surface area contributed by atoms with E-state index < -0.39 is 0 Å². The van der Waals surface area contributed by atoms with Gasteiger partial charge in [0.25, 0.3) is 0 Å². The highest BCUT2D eigenvalue weighted by atomic mass is 16.5. The molecule has 2 aromatic heterocycles. The molecule has 1 saturated carbocycles. The monoisotopic (exact) mass is 510 g/mol. The summed E-state index contributed by atoms with van der Waals surface area (Å²) in [6, 6.07) is 18.2. The number of carbonyl (C=O) groups excluding carboxylic acids is 1. The number of nitrogens with zero attached hydrogens (tertiary/aromatic N) is 5. The fourth-order valence-electron chi connectivity index (χ4n) is 5.21. The number of benzene rings is 2. The molecule has 2 fully saturated rings. The maximum atomic E-state index is 13.4. The van der Waals surface area contributed by atoms with Crippen LogP contribution in [0.15, 0.2) is 67.0 Å². The molecule has 0 bridgehead atoms. The van der Waals surface area contributed by atoms with Crippen LogP contribution in [-0.4, -0.2) is 69.6 Å². The minimum Gasteiger partial charge on any atom is -0.491 e. The Kier molecular flexibility index (Phi) is 6.27. The van der Waals surface area contributed by atoms with Gasteiger partial charge in [-0.15, -0.1) is 0 Å². The second-order valence-electron chi connectivity index (χ2n) is 10.7. The molecule has 38 heavy (non-hydrogen) atoms. The van der Waals surface area contributed by atoms with E-state index in [4.69, 9.17) is 9.72 Å². The number of fused-ring (bicyclic) bond motifs is 1. The molecule has 1 amide bonds. The average Bonchev–Trinajstić information content (AvgIpc) is 3.63. The zero-order chi connectivity index (χ0) is 26.3. The molecule has 8 nitrogen and oxygen atoms in total. The predicted molar refractivity (Wildman–Crippen MR) is 149 cm³/mol. The second-order valence-corrected chi connectivity index (χ2v) is 10.7. The third-order valence-corrected chi connectivity index (χ3v) is 7.56. The zero-order valence-corrected chi connectivity index (χ0v) is 22.2. The van der Waals surface area contributed by atoms with Crippen LogP contribution in [-0.2, 0) is 10.2 Å². The number of hydrogen-bond donors (Lipinski definition) is 1. The van der Waals surface area contributed by atoms with Crippen molar-refractivity contribution in [1.82, 2.24) is 24.3 Å². The van der Waals surface area contributed by atoms with Gasteiger partial charge in [-0.05, 0) is 81.8 Å². The molecule has 0 unspecified atom stereocenters. The first kappa shape index (κ1) is 24.4. The van der Waals surface area contributed by atoms with Crippen LogP contribution in [0.5, 0.6) is 5.75 Å². The summed E-state index contributed by atoms with van der Waals surface area (Å²) in [5.41, 5.74) is 3.49. The lowest BCUT2D eigenvalue weighted by atomic mass is 9.93. The molecule has 4 aromatic rings. The molecular formula is C30H34N6O2. The Labute approximate surface area is 223 Å². The molecule has 3 heterocycles. The Morgan fingerprint density at radius 1 is 0.974 bits per heavy atom. The van der Waals surface area contributed by atoms with E-state index in [0.717, 1.165) is 72.7 Å². The molecule has 0 radical (unpaired) electrons. The van der Waals surface area contributed by atoms with Gasteiger partial charge in [0.15, 0.2) is 0 Å². The van der Waals surface area contributed by atoms with Gasteiger partial charge in [0.05, 0.1) is 11.5 Å². The van der Waals surface area contributed by atoms with Crippen molar-refractivity contribution in [3.63, 3.8) is 0 Å². The lowest BCUT2D eigenvalue weighted by Crippen LogP contribution is -2.50. The normalized spacial score (nSPS) is 17.1. The van der Waals surface area contributed by atoms with Crippen molar-refractivity contribution in [3.05, 3.63) is 72.6 Å². The van der Waals surface area contributed by atoms with E-state index in [2.05, 4.69) is 56.0 Å². The molecule has 2 aromatic carbocycles. The van der Waals surface area contributed by atoms with E-state index >= 15 is 0 Å². The van der Waals surface area contributed by atoms with Crippen LogP contribution in [0.2, 0.25) is 0 Å². The Balaban J connectivity index is 1.20. The number of hydrogen-bond acceptors (Lipinski definition) is 6. The van der Waals surface area contributed by atoms with Crippen molar-refractivity contribution in [2.45, 2.75) is 38.2 Å². The third-order valence-electron chi connectivity index (χ3n) is 7.56. The molecule has 1 saturated heterocycles. The lowest BCUT2D eigenvalue weighted by Gasteiger charge is -2.35. The van der Waals surface area contributed by atoms with Crippen molar-refractivity contribution in [1.29, 1.82) is 0 Å². The van der Waals surface area contributed by atoms with Crippen LogP contribution in [0.25, 0.3) is 16.7 Å². The molecule has 1 aliphatic carbocycles. The topological polar surface area (TPSA) is 75.5 Å². The van der Waals surface area contributed by atoms with Crippen molar-refractivity contribution in [2.24, 2.45) is 0 Å². The summed E-state index contributed by atoms with van der Waals surface area (Å²) in [7, 11) is 2.11. The number of nitrogens with one attached hydrogen (secondary N) is 1. The summed E-state index contributed by atoms with van der Waals surface area (Å²) >= 11 is 0. The fourth-order valence-corrected chi connectivity index (χ4v) is 5.21. The summed E-state index contributed by atoms with van der Waals surface area (Å²) in [5.74, 6) is 1.65. The Bertz CT molecular complexity index is 1430. The van der Waals surface area contributed by atoms with Gasteiger partial charge in [-0.25, -0.2) is 4.98 Å². The van der Waals surface area contributed by atoms with Crippen LogP contribution < -0.4 is 10.1 Å². The van der Waals surface area contributed by atoms with Gasteiger partial charge in [-0.3, -0.25) is 4.79 Å². The minimum atomic E-state index is -0.345. The van der Waals surface area contributed by atoms with Crippen LogP contribution in [0, 0.1) is 0 Å². The molecule has 1 N–H and O–H groups in total. The highest BCUT2D eigenvalue weighted by molar-refractivity contribution is 5.91. The highest BCUT2D eigenvalue weighted by Crippen LogP contribution is 2.50. The van der Waals surface area contributed by atoms with Gasteiger partial charge in [0, 0.05) is 55.3 Å². The molecule has 0 atom stereocenters. The Morgan fingerprint density at radius 2 is 1.68 bits per heavy atom. The summed E-state index contributed by atoms with van der Waals surface area (Å²) in [6.07, 6.45) is 5.83. The average molecular weight is 511 g/mol. The molecule has 196 valence electrons. The first-order chi connectivity index (χ1) is 18.4. The van der Waals surface area contributed by atoms with Gasteiger partial charge in [-0.2, -0.15) is 4.98 Å². The first-order valence-electron chi connectivity index (χ1n) is 13.4. The largest absolute Gasteiger partial charge is 0.491 e. The van der Waals surface area contributed by atoms with Gasteiger partial charge in [-0.1, -0.05) is 12.1 Å². The molecule has 2 aliphatic rings. The zero-order valence-electron chi connectivity index (χ0n) is 22.2. The van der Waals surface area contributed by atoms with Crippen molar-refractivity contribution in [2.75, 3.05) is 38.5 Å². The van der Waals surface area contributed by atoms with E-state index in [-0.39, 0.29) is 17.4 Å². The van der Waals surface area contributed by atoms with Crippen LogP contribution >= 0.6 is 0 Å². The lowest BCUT2D eigenvalue weighted by molar-refractivity contribution is -0.135. The maximum absolute atomic E-state index is 13.4. The van der Waals surface area contributed by atoms with E-state index in [0.29, 0.717) is 5.95 Å². The number of rotatable bonds is 7. The van der Waals surface area contributed by atoms with Gasteiger partial charge in [0.2, 0.25) is 11.9 Å². The van der Waals surface area contributed by atoms with E-state index in [1.807, 2.05) is 56.6 Å². The quantitative estimate of drug-likeness (QED) is 0.387. The molecule has 8 heteroatoms. The molecule has 0 spiro atoms. The van der Waals surface area contributed by atoms with E-state index in [1.165, 1.54) is 0 Å². The summed E-state index contributed by atoms with van der Waals surface area (Å²) < 4.78 is 7.79. The summed E-state index contributed by atoms with van der Waals surface area (Å²) in [4.78, 5) is 27.0. The number of anilines is 2. The minimum absolute atomic E-state index is 0.133. The third kappa shape index (κ3) is 4.72. The van der Waals surface area contributed by atoms with Crippen molar-refractivity contribution < 1.29 is 9.53 Å². The van der Waals surface area contributed by atoms with Crippen LogP contribution in [0.3, 0.4) is 0 Å². The number of likely N-dealkylation sites (N-methyl/N-ethyl adjacent to an activating group) is 1. The van der Waals surface area contributed by atoms with Gasteiger partial charge >= 0.3 is 0 Å². The number of aromatic nitrogens is 3. The van der Waals surface area contributed by atoms with Gasteiger partial charge < -0.3 is 24.4 Å². The number of piperazine rings is 1. The smallest absolute Gasteiger partial charge is 0.233 e. The summed E-state index contributed by atoms with van der Waals surface area (Å²) in [5, 5.41) is 4.25. The fraction of sp³-hybridized carbons (Fsp3) is 0.367. The Hall–Kier alpha value is -3.91. The highest BCUT2D eigenvalue weighted by Gasteiger charge is 2.53. The number of amides is 1. The molecule has 1 aliphatic heterocycles. The van der Waals surface area contributed by atoms with E-state index in [1.54, 1.807) is 0 Å². The maximum Gasteiger partial charge on any atom is 0.233 e. The van der Waals surface area contributed by atoms with Crippen molar-refractivity contribution in [3.8, 4) is 11.4 Å². The van der Waals surface area contributed by atoms with E-state index in [9.17, 15) is 4.79 Å². The van der Waals surface area contributed by atoms with Crippen molar-refractivity contribution >= 4 is 28.6 Å². The SMILES string of the molecule is CC(C)Oc1ccc(Nc2ncc3ccn(-c4ccc(C5(C(=O)N6CCN(C)CC6)CC5)cc4)c3n2)cc1. The number of carbonyl (C=O) groups is 1. The van der Waals surface area contributed by atoms with Gasteiger partial charge in [0.1, 0.15) is 11.4 Å². The number of ether oxygens (including phenoxy) is 1.